The molecule has 0 saturated heterocycles. The van der Waals surface area contributed by atoms with Crippen molar-refractivity contribution < 1.29 is 9.53 Å². The molecule has 27 heavy (non-hydrogen) atoms. The van der Waals surface area contributed by atoms with Gasteiger partial charge in [-0.15, -0.1) is 0 Å². The van der Waals surface area contributed by atoms with Crippen molar-refractivity contribution >= 4 is 5.91 Å². The summed E-state index contributed by atoms with van der Waals surface area (Å²) in [5, 5.41) is 4.39. The van der Waals surface area contributed by atoms with E-state index < -0.39 is 0 Å². The van der Waals surface area contributed by atoms with Crippen LogP contribution in [0.2, 0.25) is 0 Å². The molecule has 1 amide bonds. The average Bonchev–Trinajstić information content (AvgIpc) is 3.10. The van der Waals surface area contributed by atoms with Gasteiger partial charge in [0.05, 0.1) is 12.7 Å². The summed E-state index contributed by atoms with van der Waals surface area (Å²) >= 11 is 0. The maximum absolute atomic E-state index is 12.4. The first-order valence-electron chi connectivity index (χ1n) is 9.01. The molecule has 0 spiro atoms. The summed E-state index contributed by atoms with van der Waals surface area (Å²) in [5.41, 5.74) is 4.40. The van der Waals surface area contributed by atoms with E-state index in [-0.39, 0.29) is 12.5 Å². The lowest BCUT2D eigenvalue weighted by Gasteiger charge is -2.17. The van der Waals surface area contributed by atoms with E-state index in [0.717, 1.165) is 22.4 Å². The number of nitrogens with zero attached hydrogens (tertiary/aromatic N) is 3. The Morgan fingerprint density at radius 3 is 2.63 bits per heavy atom. The number of aryl methyl sites for hydroxylation is 1. The highest BCUT2D eigenvalue weighted by Crippen LogP contribution is 2.20. The lowest BCUT2D eigenvalue weighted by Crippen LogP contribution is -2.31. The molecule has 1 aromatic heterocycles. The average molecular weight is 363 g/mol. The molecule has 1 heterocycles. The standard InChI is InChI=1S/C22H25N3O2/c1-17-8-7-11-21(18(17)2)27-16-22(26)24(3)13-20-12-23-25(15-20)14-19-9-5-4-6-10-19/h4-12,15H,13-14,16H2,1-3H3. The normalized spacial score (nSPS) is 10.6. The number of rotatable bonds is 7. The van der Waals surface area contributed by atoms with Gasteiger partial charge in [0.2, 0.25) is 0 Å². The van der Waals surface area contributed by atoms with E-state index in [9.17, 15) is 4.79 Å². The first-order chi connectivity index (χ1) is 13.0. The minimum atomic E-state index is -0.0632. The monoisotopic (exact) mass is 363 g/mol. The van der Waals surface area contributed by atoms with Crippen LogP contribution in [0, 0.1) is 13.8 Å². The van der Waals surface area contributed by atoms with Crippen LogP contribution in [0.4, 0.5) is 0 Å². The number of amides is 1. The van der Waals surface area contributed by atoms with Gasteiger partial charge in [-0.3, -0.25) is 9.48 Å². The molecule has 0 radical (unpaired) electrons. The van der Waals surface area contributed by atoms with Crippen molar-refractivity contribution in [2.75, 3.05) is 13.7 Å². The first kappa shape index (κ1) is 18.7. The zero-order valence-corrected chi connectivity index (χ0v) is 16.1. The minimum Gasteiger partial charge on any atom is -0.483 e. The molecule has 5 nitrogen and oxygen atoms in total. The molecule has 0 atom stereocenters. The second kappa shape index (κ2) is 8.54. The van der Waals surface area contributed by atoms with Crippen molar-refractivity contribution in [3.05, 3.63) is 83.2 Å². The van der Waals surface area contributed by atoms with Crippen molar-refractivity contribution in [1.29, 1.82) is 0 Å². The number of likely N-dealkylation sites (N-methyl/N-ethyl adjacent to an activating group) is 1. The third-order valence-corrected chi connectivity index (χ3v) is 4.63. The maximum atomic E-state index is 12.4. The van der Waals surface area contributed by atoms with E-state index in [0.29, 0.717) is 13.1 Å². The number of benzene rings is 2. The van der Waals surface area contributed by atoms with Crippen molar-refractivity contribution in [2.24, 2.45) is 0 Å². The Kier molecular flexibility index (Phi) is 5.91. The summed E-state index contributed by atoms with van der Waals surface area (Å²) in [6.07, 6.45) is 3.78. The van der Waals surface area contributed by atoms with E-state index in [1.807, 2.05) is 61.1 Å². The molecule has 3 aromatic rings. The van der Waals surface area contributed by atoms with Crippen LogP contribution in [0.15, 0.2) is 60.9 Å². The molecule has 0 unspecified atom stereocenters. The van der Waals surface area contributed by atoms with Crippen molar-refractivity contribution in [1.82, 2.24) is 14.7 Å². The second-order valence-electron chi connectivity index (χ2n) is 6.77. The quantitative estimate of drug-likeness (QED) is 0.645. The number of ether oxygens (including phenoxy) is 1. The highest BCUT2D eigenvalue weighted by atomic mass is 16.5. The van der Waals surface area contributed by atoms with Gasteiger partial charge in [-0.2, -0.15) is 5.10 Å². The highest BCUT2D eigenvalue weighted by molar-refractivity contribution is 5.77. The number of carbonyl (C=O) groups is 1. The van der Waals surface area contributed by atoms with Crippen LogP contribution in [-0.2, 0) is 17.9 Å². The minimum absolute atomic E-state index is 0.0267. The van der Waals surface area contributed by atoms with E-state index in [1.165, 1.54) is 5.56 Å². The van der Waals surface area contributed by atoms with Crippen LogP contribution in [0.5, 0.6) is 5.75 Å². The fourth-order valence-electron chi connectivity index (χ4n) is 2.84. The summed E-state index contributed by atoms with van der Waals surface area (Å²) in [6.45, 7) is 5.28. The Hall–Kier alpha value is -3.08. The number of carbonyl (C=O) groups excluding carboxylic acids is 1. The lowest BCUT2D eigenvalue weighted by atomic mass is 10.1. The molecule has 0 aliphatic carbocycles. The van der Waals surface area contributed by atoms with Gasteiger partial charge in [0.15, 0.2) is 6.61 Å². The summed E-state index contributed by atoms with van der Waals surface area (Å²) < 4.78 is 7.59. The smallest absolute Gasteiger partial charge is 0.260 e. The summed E-state index contributed by atoms with van der Waals surface area (Å²) in [7, 11) is 1.78. The van der Waals surface area contributed by atoms with Crippen molar-refractivity contribution in [3.8, 4) is 5.75 Å². The Morgan fingerprint density at radius 1 is 1.07 bits per heavy atom. The molecule has 0 bridgehead atoms. The van der Waals surface area contributed by atoms with E-state index in [2.05, 4.69) is 17.2 Å². The van der Waals surface area contributed by atoms with Gasteiger partial charge in [0.1, 0.15) is 5.75 Å². The van der Waals surface area contributed by atoms with Gasteiger partial charge in [-0.25, -0.2) is 0 Å². The fourth-order valence-corrected chi connectivity index (χ4v) is 2.84. The molecular weight excluding hydrogens is 338 g/mol. The Labute approximate surface area is 160 Å². The fraction of sp³-hybridized carbons (Fsp3) is 0.273. The second-order valence-corrected chi connectivity index (χ2v) is 6.77. The largest absolute Gasteiger partial charge is 0.483 e. The Morgan fingerprint density at radius 2 is 1.85 bits per heavy atom. The maximum Gasteiger partial charge on any atom is 0.260 e. The lowest BCUT2D eigenvalue weighted by molar-refractivity contribution is -0.132. The summed E-state index contributed by atoms with van der Waals surface area (Å²) in [5.74, 6) is 0.694. The molecule has 0 saturated carbocycles. The van der Waals surface area contributed by atoms with Crippen LogP contribution >= 0.6 is 0 Å². The van der Waals surface area contributed by atoms with E-state index in [1.54, 1.807) is 18.1 Å². The van der Waals surface area contributed by atoms with Gasteiger partial charge in [0, 0.05) is 25.4 Å². The third kappa shape index (κ3) is 4.97. The molecule has 0 aliphatic rings. The van der Waals surface area contributed by atoms with Gasteiger partial charge in [0.25, 0.3) is 5.91 Å². The first-order valence-corrected chi connectivity index (χ1v) is 9.01. The molecule has 0 N–H and O–H groups in total. The Balaban J connectivity index is 1.53. The number of hydrogen-bond donors (Lipinski definition) is 0. The van der Waals surface area contributed by atoms with Crippen LogP contribution in [0.1, 0.15) is 22.3 Å². The predicted octanol–water partition coefficient (Wildman–Crippen LogP) is 3.59. The van der Waals surface area contributed by atoms with Crippen LogP contribution in [0.25, 0.3) is 0 Å². The molecule has 140 valence electrons. The molecule has 2 aromatic carbocycles. The highest BCUT2D eigenvalue weighted by Gasteiger charge is 2.12. The van der Waals surface area contributed by atoms with E-state index >= 15 is 0 Å². The molecule has 5 heteroatoms. The van der Waals surface area contributed by atoms with Crippen molar-refractivity contribution in [2.45, 2.75) is 26.9 Å². The zero-order valence-electron chi connectivity index (χ0n) is 16.1. The van der Waals surface area contributed by atoms with Crippen LogP contribution in [-0.4, -0.2) is 34.2 Å². The Bertz CT molecular complexity index is 903. The van der Waals surface area contributed by atoms with Crippen LogP contribution < -0.4 is 4.74 Å². The zero-order chi connectivity index (χ0) is 19.2. The molecule has 0 aliphatic heterocycles. The topological polar surface area (TPSA) is 47.4 Å². The van der Waals surface area contributed by atoms with Gasteiger partial charge < -0.3 is 9.64 Å². The summed E-state index contributed by atoms with van der Waals surface area (Å²) in [6, 6.07) is 16.0. The summed E-state index contributed by atoms with van der Waals surface area (Å²) in [4.78, 5) is 14.1. The molecule has 3 rings (SSSR count). The molecular formula is C22H25N3O2. The van der Waals surface area contributed by atoms with Gasteiger partial charge in [-0.05, 0) is 36.6 Å². The van der Waals surface area contributed by atoms with E-state index in [4.69, 9.17) is 4.74 Å². The number of aromatic nitrogens is 2. The van der Waals surface area contributed by atoms with Crippen molar-refractivity contribution in [3.63, 3.8) is 0 Å². The van der Waals surface area contributed by atoms with Gasteiger partial charge in [-0.1, -0.05) is 42.5 Å². The SMILES string of the molecule is Cc1cccc(OCC(=O)N(C)Cc2cnn(Cc3ccccc3)c2)c1C. The molecule has 0 fully saturated rings. The number of hydrogen-bond acceptors (Lipinski definition) is 3. The third-order valence-electron chi connectivity index (χ3n) is 4.63. The van der Waals surface area contributed by atoms with Crippen LogP contribution in [0.3, 0.4) is 0 Å². The van der Waals surface area contributed by atoms with Gasteiger partial charge >= 0.3 is 0 Å². The predicted molar refractivity (Wildman–Crippen MR) is 106 cm³/mol.